The maximum absolute atomic E-state index is 13.9. The molecule has 4 nitrogen and oxygen atoms in total. The number of hydrogen-bond donors (Lipinski definition) is 2. The molecule has 1 heterocycles. The number of halogens is 2. The maximum Gasteiger partial charge on any atom is 0.147 e. The summed E-state index contributed by atoms with van der Waals surface area (Å²) in [5.74, 6) is 1.17. The number of aromatic nitrogens is 2. The lowest BCUT2D eigenvalue weighted by atomic mass is 9.95. The molecular formula is C15H18BrFN4. The second kappa shape index (κ2) is 5.60. The molecule has 0 saturated carbocycles. The number of anilines is 3. The van der Waals surface area contributed by atoms with Gasteiger partial charge in [-0.15, -0.1) is 0 Å². The maximum atomic E-state index is 13.9. The van der Waals surface area contributed by atoms with Crippen molar-refractivity contribution in [1.29, 1.82) is 0 Å². The highest BCUT2D eigenvalue weighted by Gasteiger charge is 2.20. The minimum Gasteiger partial charge on any atom is -0.383 e. The summed E-state index contributed by atoms with van der Waals surface area (Å²) in [6.07, 6.45) is 0. The van der Waals surface area contributed by atoms with Crippen molar-refractivity contribution in [1.82, 2.24) is 9.97 Å². The summed E-state index contributed by atoms with van der Waals surface area (Å²) < 4.78 is 14.6. The lowest BCUT2D eigenvalue weighted by molar-refractivity contribution is 0.546. The summed E-state index contributed by atoms with van der Waals surface area (Å²) in [5, 5.41) is 2.99. The van der Waals surface area contributed by atoms with Gasteiger partial charge < -0.3 is 11.1 Å². The van der Waals surface area contributed by atoms with E-state index in [4.69, 9.17) is 5.73 Å². The van der Waals surface area contributed by atoms with Crippen LogP contribution in [0.15, 0.2) is 22.7 Å². The minimum atomic E-state index is -0.363. The summed E-state index contributed by atoms with van der Waals surface area (Å²) in [5.41, 5.74) is 6.75. The molecule has 0 amide bonds. The Bertz CT molecular complexity index is 680. The van der Waals surface area contributed by atoms with Crippen molar-refractivity contribution in [3.05, 3.63) is 39.9 Å². The highest BCUT2D eigenvalue weighted by Crippen LogP contribution is 2.28. The summed E-state index contributed by atoms with van der Waals surface area (Å²) in [4.78, 5) is 8.79. The van der Waals surface area contributed by atoms with Crippen LogP contribution < -0.4 is 11.1 Å². The Morgan fingerprint density at radius 1 is 1.24 bits per heavy atom. The lowest BCUT2D eigenvalue weighted by Gasteiger charge is -2.20. The summed E-state index contributed by atoms with van der Waals surface area (Å²) in [6.45, 7) is 7.81. The smallest absolute Gasteiger partial charge is 0.147 e. The molecule has 6 heteroatoms. The standard InChI is InChI=1S/C15H18BrFN4/c1-8-12(18)20-14(15(2,3)4)21-13(8)19-11-6-5-9(16)7-10(11)17/h5-7H,1-4H3,(H3,18,19,20,21). The van der Waals surface area contributed by atoms with Gasteiger partial charge in [0.1, 0.15) is 23.3 Å². The normalized spacial score (nSPS) is 11.5. The second-order valence-corrected chi connectivity index (χ2v) is 6.82. The Morgan fingerprint density at radius 3 is 2.48 bits per heavy atom. The Hall–Kier alpha value is -1.69. The summed E-state index contributed by atoms with van der Waals surface area (Å²) >= 11 is 3.23. The van der Waals surface area contributed by atoms with Crippen LogP contribution in [0.4, 0.5) is 21.7 Å². The number of nitrogen functional groups attached to an aromatic ring is 1. The second-order valence-electron chi connectivity index (χ2n) is 5.91. The number of hydrogen-bond acceptors (Lipinski definition) is 4. The Labute approximate surface area is 132 Å². The van der Waals surface area contributed by atoms with Gasteiger partial charge >= 0.3 is 0 Å². The summed E-state index contributed by atoms with van der Waals surface area (Å²) in [7, 11) is 0. The van der Waals surface area contributed by atoms with Crippen LogP contribution in [0.5, 0.6) is 0 Å². The molecule has 0 aliphatic heterocycles. The van der Waals surface area contributed by atoms with E-state index in [1.807, 2.05) is 20.8 Å². The quantitative estimate of drug-likeness (QED) is 0.845. The molecule has 0 aliphatic carbocycles. The van der Waals surface area contributed by atoms with E-state index in [9.17, 15) is 4.39 Å². The van der Waals surface area contributed by atoms with Gasteiger partial charge in [0, 0.05) is 15.5 Å². The molecule has 0 saturated heterocycles. The fourth-order valence-electron chi connectivity index (χ4n) is 1.71. The van der Waals surface area contributed by atoms with Crippen LogP contribution in [0.1, 0.15) is 32.2 Å². The van der Waals surface area contributed by atoms with Crippen LogP contribution in [0.25, 0.3) is 0 Å². The zero-order chi connectivity index (χ0) is 15.8. The van der Waals surface area contributed by atoms with Gasteiger partial charge in [-0.25, -0.2) is 14.4 Å². The summed E-state index contributed by atoms with van der Waals surface area (Å²) in [6, 6.07) is 4.80. The predicted octanol–water partition coefficient (Wildman–Crippen LogP) is 4.31. The van der Waals surface area contributed by atoms with Crippen molar-refractivity contribution in [2.75, 3.05) is 11.1 Å². The van der Waals surface area contributed by atoms with E-state index in [0.29, 0.717) is 33.2 Å². The first-order chi connectivity index (χ1) is 9.68. The fraction of sp³-hybridized carbons (Fsp3) is 0.333. The molecule has 3 N–H and O–H groups in total. The molecule has 2 aromatic rings. The van der Waals surface area contributed by atoms with Crippen molar-refractivity contribution in [2.24, 2.45) is 0 Å². The first-order valence-corrected chi connectivity index (χ1v) is 7.34. The third-order valence-electron chi connectivity index (χ3n) is 3.04. The fourth-order valence-corrected chi connectivity index (χ4v) is 2.04. The molecule has 2 rings (SSSR count). The molecule has 0 spiro atoms. The van der Waals surface area contributed by atoms with Crippen molar-refractivity contribution in [3.8, 4) is 0 Å². The topological polar surface area (TPSA) is 63.8 Å². The average Bonchev–Trinajstić information content (AvgIpc) is 2.36. The Balaban J connectivity index is 2.46. The third kappa shape index (κ3) is 3.50. The highest BCUT2D eigenvalue weighted by atomic mass is 79.9. The van der Waals surface area contributed by atoms with E-state index < -0.39 is 0 Å². The van der Waals surface area contributed by atoms with E-state index in [-0.39, 0.29) is 11.2 Å². The zero-order valence-corrected chi connectivity index (χ0v) is 14.0. The lowest BCUT2D eigenvalue weighted by Crippen LogP contribution is -2.19. The van der Waals surface area contributed by atoms with Crippen molar-refractivity contribution in [3.63, 3.8) is 0 Å². The van der Waals surface area contributed by atoms with Gasteiger partial charge in [-0.1, -0.05) is 36.7 Å². The van der Waals surface area contributed by atoms with Crippen LogP contribution in [-0.2, 0) is 5.41 Å². The molecule has 0 fully saturated rings. The van der Waals surface area contributed by atoms with Crippen LogP contribution in [0.3, 0.4) is 0 Å². The van der Waals surface area contributed by atoms with Gasteiger partial charge in [0.15, 0.2) is 0 Å². The monoisotopic (exact) mass is 352 g/mol. The molecule has 0 bridgehead atoms. The molecule has 0 atom stereocenters. The third-order valence-corrected chi connectivity index (χ3v) is 3.53. The van der Waals surface area contributed by atoms with E-state index in [2.05, 4.69) is 31.2 Å². The van der Waals surface area contributed by atoms with Crippen LogP contribution in [-0.4, -0.2) is 9.97 Å². The van der Waals surface area contributed by atoms with Gasteiger partial charge in [-0.05, 0) is 25.1 Å². The number of nitrogens with one attached hydrogen (secondary N) is 1. The Morgan fingerprint density at radius 2 is 1.90 bits per heavy atom. The molecular weight excluding hydrogens is 335 g/mol. The molecule has 1 aromatic carbocycles. The largest absolute Gasteiger partial charge is 0.383 e. The van der Waals surface area contributed by atoms with E-state index >= 15 is 0 Å². The van der Waals surface area contributed by atoms with Gasteiger partial charge in [-0.3, -0.25) is 0 Å². The number of nitrogens with zero attached hydrogens (tertiary/aromatic N) is 2. The van der Waals surface area contributed by atoms with Crippen LogP contribution in [0, 0.1) is 12.7 Å². The van der Waals surface area contributed by atoms with Crippen LogP contribution >= 0.6 is 15.9 Å². The van der Waals surface area contributed by atoms with Crippen molar-refractivity contribution >= 4 is 33.3 Å². The van der Waals surface area contributed by atoms with E-state index in [1.54, 1.807) is 19.1 Å². The van der Waals surface area contributed by atoms with Gasteiger partial charge in [-0.2, -0.15) is 0 Å². The predicted molar refractivity (Wildman–Crippen MR) is 87.3 cm³/mol. The molecule has 1 aromatic heterocycles. The Kier molecular flexibility index (Phi) is 4.18. The van der Waals surface area contributed by atoms with E-state index in [0.717, 1.165) is 0 Å². The molecule has 112 valence electrons. The molecule has 0 unspecified atom stereocenters. The van der Waals surface area contributed by atoms with Gasteiger partial charge in [0.25, 0.3) is 0 Å². The highest BCUT2D eigenvalue weighted by molar-refractivity contribution is 9.10. The van der Waals surface area contributed by atoms with Crippen molar-refractivity contribution in [2.45, 2.75) is 33.1 Å². The van der Waals surface area contributed by atoms with Crippen LogP contribution in [0.2, 0.25) is 0 Å². The number of benzene rings is 1. The first-order valence-electron chi connectivity index (χ1n) is 6.55. The number of rotatable bonds is 2. The van der Waals surface area contributed by atoms with Gasteiger partial charge in [0.05, 0.1) is 5.69 Å². The first kappa shape index (κ1) is 15.7. The molecule has 0 aliphatic rings. The SMILES string of the molecule is Cc1c(N)nc(C(C)(C)C)nc1Nc1ccc(Br)cc1F. The minimum absolute atomic E-state index is 0.240. The van der Waals surface area contributed by atoms with Crippen molar-refractivity contribution < 1.29 is 4.39 Å². The van der Waals surface area contributed by atoms with Gasteiger partial charge in [0.2, 0.25) is 0 Å². The molecule has 0 radical (unpaired) electrons. The number of nitrogens with two attached hydrogens (primary N) is 1. The van der Waals surface area contributed by atoms with E-state index in [1.165, 1.54) is 6.07 Å². The molecule has 21 heavy (non-hydrogen) atoms. The average molecular weight is 353 g/mol. The zero-order valence-electron chi connectivity index (χ0n) is 12.5.